The zero-order chi connectivity index (χ0) is 21.1. The SMILES string of the molecule is CC(C)(C)NC(=O)N(Cc1ccccc1)Cc1c2ccccc2cc2ccccc12. The summed E-state index contributed by atoms with van der Waals surface area (Å²) in [6.07, 6.45) is 0. The highest BCUT2D eigenvalue weighted by molar-refractivity contribution is 6.02. The number of benzene rings is 4. The van der Waals surface area contributed by atoms with Crippen LogP contribution in [0.2, 0.25) is 0 Å². The summed E-state index contributed by atoms with van der Waals surface area (Å²) in [6, 6.07) is 29.2. The lowest BCUT2D eigenvalue weighted by Gasteiger charge is -2.29. The molecule has 3 nitrogen and oxygen atoms in total. The van der Waals surface area contributed by atoms with Gasteiger partial charge in [0, 0.05) is 18.6 Å². The van der Waals surface area contributed by atoms with Gasteiger partial charge in [0.2, 0.25) is 0 Å². The molecule has 0 aliphatic carbocycles. The van der Waals surface area contributed by atoms with Crippen LogP contribution in [0, 0.1) is 0 Å². The number of carbonyl (C=O) groups excluding carboxylic acids is 1. The van der Waals surface area contributed by atoms with Crippen molar-refractivity contribution in [3.8, 4) is 0 Å². The largest absolute Gasteiger partial charge is 0.333 e. The molecule has 4 aromatic rings. The molecule has 0 saturated heterocycles. The first-order chi connectivity index (χ1) is 14.4. The van der Waals surface area contributed by atoms with Crippen molar-refractivity contribution in [1.82, 2.24) is 10.2 Å². The molecule has 3 heteroatoms. The van der Waals surface area contributed by atoms with Gasteiger partial charge in [-0.1, -0.05) is 78.9 Å². The Balaban J connectivity index is 1.80. The van der Waals surface area contributed by atoms with Gasteiger partial charge in [0.1, 0.15) is 0 Å². The first-order valence-electron chi connectivity index (χ1n) is 10.4. The van der Waals surface area contributed by atoms with Crippen molar-refractivity contribution in [2.45, 2.75) is 39.4 Å². The maximum atomic E-state index is 13.3. The summed E-state index contributed by atoms with van der Waals surface area (Å²) in [5.74, 6) is 0. The third-order valence-electron chi connectivity index (χ3n) is 5.22. The van der Waals surface area contributed by atoms with Gasteiger partial charge in [-0.15, -0.1) is 0 Å². The van der Waals surface area contributed by atoms with E-state index >= 15 is 0 Å². The van der Waals surface area contributed by atoms with Crippen LogP contribution in [-0.2, 0) is 13.1 Å². The fourth-order valence-electron chi connectivity index (χ4n) is 3.87. The molecular weight excluding hydrogens is 368 g/mol. The predicted molar refractivity (Wildman–Crippen MR) is 125 cm³/mol. The van der Waals surface area contributed by atoms with Crippen LogP contribution in [0.3, 0.4) is 0 Å². The fraction of sp³-hybridized carbons (Fsp3) is 0.222. The van der Waals surface area contributed by atoms with Gasteiger partial charge in [-0.2, -0.15) is 0 Å². The van der Waals surface area contributed by atoms with Crippen molar-refractivity contribution in [3.63, 3.8) is 0 Å². The Kier molecular flexibility index (Phi) is 5.45. The number of rotatable bonds is 4. The van der Waals surface area contributed by atoms with Gasteiger partial charge in [-0.25, -0.2) is 4.79 Å². The Labute approximate surface area is 178 Å². The summed E-state index contributed by atoms with van der Waals surface area (Å²) in [5, 5.41) is 7.92. The van der Waals surface area contributed by atoms with E-state index in [0.29, 0.717) is 13.1 Å². The molecule has 0 saturated carbocycles. The maximum Gasteiger partial charge on any atom is 0.318 e. The molecular formula is C27H28N2O. The molecule has 0 radical (unpaired) electrons. The number of nitrogens with zero attached hydrogens (tertiary/aromatic N) is 1. The van der Waals surface area contributed by atoms with Crippen molar-refractivity contribution >= 4 is 27.6 Å². The summed E-state index contributed by atoms with van der Waals surface area (Å²) in [4.78, 5) is 15.2. The molecule has 4 aromatic carbocycles. The molecule has 0 atom stereocenters. The van der Waals surface area contributed by atoms with E-state index in [-0.39, 0.29) is 11.6 Å². The predicted octanol–water partition coefficient (Wildman–Crippen LogP) is 6.50. The quantitative estimate of drug-likeness (QED) is 0.392. The summed E-state index contributed by atoms with van der Waals surface area (Å²) >= 11 is 0. The summed E-state index contributed by atoms with van der Waals surface area (Å²) in [7, 11) is 0. The number of nitrogens with one attached hydrogen (secondary N) is 1. The van der Waals surface area contributed by atoms with Crippen molar-refractivity contribution in [2.24, 2.45) is 0 Å². The zero-order valence-corrected chi connectivity index (χ0v) is 17.9. The van der Waals surface area contributed by atoms with E-state index in [1.165, 1.54) is 27.1 Å². The number of fused-ring (bicyclic) bond motifs is 2. The van der Waals surface area contributed by atoms with Gasteiger partial charge >= 0.3 is 6.03 Å². The molecule has 0 spiro atoms. The molecule has 30 heavy (non-hydrogen) atoms. The minimum Gasteiger partial charge on any atom is -0.333 e. The highest BCUT2D eigenvalue weighted by atomic mass is 16.2. The molecule has 1 N–H and O–H groups in total. The topological polar surface area (TPSA) is 32.3 Å². The van der Waals surface area contributed by atoms with Crippen molar-refractivity contribution in [1.29, 1.82) is 0 Å². The third kappa shape index (κ3) is 4.46. The summed E-state index contributed by atoms with van der Waals surface area (Å²) < 4.78 is 0. The van der Waals surface area contributed by atoms with Gasteiger partial charge < -0.3 is 10.2 Å². The van der Waals surface area contributed by atoms with Crippen LogP contribution in [0.5, 0.6) is 0 Å². The van der Waals surface area contributed by atoms with Gasteiger partial charge in [-0.05, 0) is 59.5 Å². The minimum atomic E-state index is -0.299. The van der Waals surface area contributed by atoms with Crippen LogP contribution in [0.1, 0.15) is 31.9 Å². The molecule has 0 aliphatic rings. The molecule has 0 fully saturated rings. The molecule has 2 amide bonds. The summed E-state index contributed by atoms with van der Waals surface area (Å²) in [5.41, 5.74) is 2.00. The Bertz CT molecular complexity index is 1120. The zero-order valence-electron chi connectivity index (χ0n) is 17.9. The van der Waals surface area contributed by atoms with E-state index < -0.39 is 0 Å². The second-order valence-electron chi connectivity index (χ2n) is 8.82. The van der Waals surface area contributed by atoms with Crippen molar-refractivity contribution < 1.29 is 4.79 Å². The molecule has 0 heterocycles. The van der Waals surface area contributed by atoms with E-state index in [4.69, 9.17) is 0 Å². The van der Waals surface area contributed by atoms with Crippen LogP contribution in [0.15, 0.2) is 84.9 Å². The number of hydrogen-bond donors (Lipinski definition) is 1. The van der Waals surface area contributed by atoms with E-state index in [9.17, 15) is 4.79 Å². The van der Waals surface area contributed by atoms with E-state index in [1.807, 2.05) is 43.9 Å². The average molecular weight is 397 g/mol. The standard InChI is InChI=1S/C27H28N2O/c1-27(2,3)28-26(30)29(18-20-11-5-4-6-12-20)19-25-23-15-9-7-13-21(23)17-22-14-8-10-16-24(22)25/h4-17H,18-19H2,1-3H3,(H,28,30). The van der Waals surface area contributed by atoms with Gasteiger partial charge in [0.05, 0.1) is 0 Å². The monoisotopic (exact) mass is 396 g/mol. The Morgan fingerprint density at radius 1 is 0.767 bits per heavy atom. The first-order valence-corrected chi connectivity index (χ1v) is 10.4. The smallest absolute Gasteiger partial charge is 0.318 e. The summed E-state index contributed by atoms with van der Waals surface area (Å²) in [6.45, 7) is 7.13. The lowest BCUT2D eigenvalue weighted by Crippen LogP contribution is -2.48. The molecule has 0 aromatic heterocycles. The Morgan fingerprint density at radius 2 is 1.30 bits per heavy atom. The Morgan fingerprint density at radius 3 is 1.87 bits per heavy atom. The fourth-order valence-corrected chi connectivity index (χ4v) is 3.87. The second-order valence-corrected chi connectivity index (χ2v) is 8.82. The van der Waals surface area contributed by atoms with Crippen LogP contribution >= 0.6 is 0 Å². The minimum absolute atomic E-state index is 0.0524. The number of urea groups is 1. The molecule has 4 rings (SSSR count). The number of carbonyl (C=O) groups is 1. The first kappa shape index (κ1) is 20.0. The molecule has 0 unspecified atom stereocenters. The number of hydrogen-bond acceptors (Lipinski definition) is 1. The lowest BCUT2D eigenvalue weighted by atomic mass is 9.96. The maximum absolute atomic E-state index is 13.3. The van der Waals surface area contributed by atoms with Crippen molar-refractivity contribution in [2.75, 3.05) is 0 Å². The van der Waals surface area contributed by atoms with E-state index in [2.05, 4.69) is 72.0 Å². The van der Waals surface area contributed by atoms with Crippen LogP contribution in [0.25, 0.3) is 21.5 Å². The van der Waals surface area contributed by atoms with Crippen LogP contribution in [-0.4, -0.2) is 16.5 Å². The van der Waals surface area contributed by atoms with Gasteiger partial charge in [-0.3, -0.25) is 0 Å². The second kappa shape index (κ2) is 8.19. The Hall–Kier alpha value is -3.33. The van der Waals surface area contributed by atoms with Crippen LogP contribution < -0.4 is 5.32 Å². The third-order valence-corrected chi connectivity index (χ3v) is 5.22. The lowest BCUT2D eigenvalue weighted by molar-refractivity contribution is 0.183. The van der Waals surface area contributed by atoms with Crippen molar-refractivity contribution in [3.05, 3.63) is 96.1 Å². The van der Waals surface area contributed by atoms with E-state index in [1.54, 1.807) is 0 Å². The van der Waals surface area contributed by atoms with Gasteiger partial charge in [0.25, 0.3) is 0 Å². The normalized spacial score (nSPS) is 11.6. The van der Waals surface area contributed by atoms with E-state index in [0.717, 1.165) is 5.56 Å². The number of amides is 2. The van der Waals surface area contributed by atoms with Crippen LogP contribution in [0.4, 0.5) is 4.79 Å². The molecule has 0 bridgehead atoms. The molecule has 0 aliphatic heterocycles. The highest BCUT2D eigenvalue weighted by Gasteiger charge is 2.21. The average Bonchev–Trinajstić information content (AvgIpc) is 2.72. The molecule has 152 valence electrons. The highest BCUT2D eigenvalue weighted by Crippen LogP contribution is 2.30. The van der Waals surface area contributed by atoms with Gasteiger partial charge in [0.15, 0.2) is 0 Å².